The summed E-state index contributed by atoms with van der Waals surface area (Å²) in [5.74, 6) is -4.06. The van der Waals surface area contributed by atoms with Crippen molar-refractivity contribution >= 4 is 46.3 Å². The Balaban J connectivity index is 1.34. The summed E-state index contributed by atoms with van der Waals surface area (Å²) >= 11 is 1.41. The van der Waals surface area contributed by atoms with E-state index in [1.54, 1.807) is 6.07 Å². The molecule has 54 heavy (non-hydrogen) atoms. The molecule has 0 aromatic heterocycles. The first-order valence-corrected chi connectivity index (χ1v) is 18.5. The molecule has 0 aliphatic heterocycles. The van der Waals surface area contributed by atoms with Gasteiger partial charge in [0, 0.05) is 6.42 Å². The van der Waals surface area contributed by atoms with Gasteiger partial charge in [0.1, 0.15) is 12.1 Å². The molecule has 0 radical (unpaired) electrons. The SMILES string of the molecule is O=C(O)CC(NC(=O)C(Cc1ccccc1)SC(c1ccccc1)(c1ccccc1)c1ccccc1)C(=O)NC(Cc1ccc2ccccc2c1)C(=O)O. The summed E-state index contributed by atoms with van der Waals surface area (Å²) in [4.78, 5) is 53.0. The van der Waals surface area contributed by atoms with Gasteiger partial charge in [-0.2, -0.15) is 0 Å². The first-order valence-electron chi connectivity index (χ1n) is 17.6. The number of nitrogens with one attached hydrogen (secondary N) is 2. The van der Waals surface area contributed by atoms with Gasteiger partial charge in [0.2, 0.25) is 11.8 Å². The molecule has 0 aliphatic rings. The number of hydrogen-bond donors (Lipinski definition) is 4. The first kappa shape index (κ1) is 37.6. The number of hydrogen-bond acceptors (Lipinski definition) is 5. The molecule has 2 amide bonds. The molecule has 0 saturated carbocycles. The van der Waals surface area contributed by atoms with Gasteiger partial charge < -0.3 is 20.8 Å². The molecule has 6 rings (SSSR count). The number of carbonyl (C=O) groups is 4. The summed E-state index contributed by atoms with van der Waals surface area (Å²) in [5.41, 5.74) is 4.33. The number of rotatable bonds is 16. The minimum Gasteiger partial charge on any atom is -0.481 e. The normalized spacial score (nSPS) is 13.0. The van der Waals surface area contributed by atoms with Crippen LogP contribution >= 0.6 is 11.8 Å². The summed E-state index contributed by atoms with van der Waals surface area (Å²) in [7, 11) is 0. The van der Waals surface area contributed by atoms with Crippen LogP contribution in [0.3, 0.4) is 0 Å². The lowest BCUT2D eigenvalue weighted by Crippen LogP contribution is -2.54. The monoisotopic (exact) mass is 736 g/mol. The largest absolute Gasteiger partial charge is 0.481 e. The molecule has 272 valence electrons. The number of carboxylic acids is 2. The molecule has 4 N–H and O–H groups in total. The second-order valence-corrected chi connectivity index (χ2v) is 14.4. The molecule has 0 bridgehead atoms. The number of fused-ring (bicyclic) bond motifs is 1. The molecule has 0 fully saturated rings. The van der Waals surface area contributed by atoms with Gasteiger partial charge in [-0.25, -0.2) is 4.79 Å². The summed E-state index contributed by atoms with van der Waals surface area (Å²) < 4.78 is -0.903. The summed E-state index contributed by atoms with van der Waals surface area (Å²) in [6.45, 7) is 0. The first-order chi connectivity index (χ1) is 26.2. The van der Waals surface area contributed by atoms with Gasteiger partial charge in [-0.15, -0.1) is 11.8 Å². The molecular formula is C45H40N2O6S. The Kier molecular flexibility index (Phi) is 12.2. The number of amides is 2. The van der Waals surface area contributed by atoms with Crippen molar-refractivity contribution in [2.75, 3.05) is 0 Å². The molecule has 3 unspecified atom stereocenters. The van der Waals surface area contributed by atoms with Crippen LogP contribution in [-0.4, -0.2) is 51.3 Å². The van der Waals surface area contributed by atoms with E-state index in [2.05, 4.69) is 10.6 Å². The molecule has 0 heterocycles. The third-order valence-corrected chi connectivity index (χ3v) is 11.0. The highest BCUT2D eigenvalue weighted by Crippen LogP contribution is 2.50. The fourth-order valence-corrected chi connectivity index (χ4v) is 8.37. The highest BCUT2D eigenvalue weighted by Gasteiger charge is 2.42. The second kappa shape index (κ2) is 17.6. The van der Waals surface area contributed by atoms with E-state index in [0.29, 0.717) is 5.56 Å². The Morgan fingerprint density at radius 2 is 1.00 bits per heavy atom. The zero-order valence-corrected chi connectivity index (χ0v) is 30.2. The van der Waals surface area contributed by atoms with Crippen LogP contribution in [-0.2, 0) is 36.8 Å². The van der Waals surface area contributed by atoms with Crippen molar-refractivity contribution in [1.29, 1.82) is 0 Å². The third kappa shape index (κ3) is 9.05. The molecule has 0 aliphatic carbocycles. The Labute approximate surface area is 318 Å². The van der Waals surface area contributed by atoms with E-state index in [-0.39, 0.29) is 12.8 Å². The predicted molar refractivity (Wildman–Crippen MR) is 212 cm³/mol. The predicted octanol–water partition coefficient (Wildman–Crippen LogP) is 7.25. The van der Waals surface area contributed by atoms with Crippen LogP contribution in [0.15, 0.2) is 164 Å². The minimum absolute atomic E-state index is 0.0418. The topological polar surface area (TPSA) is 133 Å². The maximum absolute atomic E-state index is 14.6. The molecular weight excluding hydrogens is 697 g/mol. The number of benzene rings is 6. The van der Waals surface area contributed by atoms with Crippen molar-refractivity contribution in [2.24, 2.45) is 0 Å². The molecule has 0 saturated heterocycles. The van der Waals surface area contributed by atoms with E-state index >= 15 is 0 Å². The Bertz CT molecular complexity index is 2100. The standard InChI is InChI=1S/C45H40N2O6S/c48-41(49)30-38(42(50)47-39(44(52)53)28-32-25-26-33-17-13-14-18-34(33)27-32)46-43(51)40(29-31-15-5-1-6-16-31)54-45(35-19-7-2-8-20-35,36-21-9-3-10-22-36)37-23-11-4-12-24-37/h1-27,38-40H,28-30H2,(H,46,51)(H,47,50)(H,48,49)(H,52,53). The average molecular weight is 737 g/mol. The van der Waals surface area contributed by atoms with Crippen LogP contribution in [0.1, 0.15) is 34.2 Å². The number of carbonyl (C=O) groups excluding carboxylic acids is 2. The lowest BCUT2D eigenvalue weighted by molar-refractivity contribution is -0.143. The van der Waals surface area contributed by atoms with Crippen molar-refractivity contribution in [2.45, 2.75) is 41.3 Å². The fraction of sp³-hybridized carbons (Fsp3) is 0.156. The van der Waals surface area contributed by atoms with Gasteiger partial charge in [-0.1, -0.05) is 164 Å². The average Bonchev–Trinajstić information content (AvgIpc) is 3.20. The van der Waals surface area contributed by atoms with Gasteiger partial charge in [0.15, 0.2) is 0 Å². The molecule has 6 aromatic rings. The van der Waals surface area contributed by atoms with E-state index in [9.17, 15) is 29.4 Å². The fourth-order valence-electron chi connectivity index (χ4n) is 6.67. The van der Waals surface area contributed by atoms with Crippen molar-refractivity contribution in [3.8, 4) is 0 Å². The zero-order chi connectivity index (χ0) is 37.9. The van der Waals surface area contributed by atoms with E-state index in [1.165, 1.54) is 11.8 Å². The maximum atomic E-state index is 14.6. The lowest BCUT2D eigenvalue weighted by atomic mass is 9.84. The van der Waals surface area contributed by atoms with Crippen molar-refractivity contribution in [1.82, 2.24) is 10.6 Å². The van der Waals surface area contributed by atoms with Gasteiger partial charge in [0.05, 0.1) is 16.4 Å². The highest BCUT2D eigenvalue weighted by molar-refractivity contribution is 8.02. The third-order valence-electron chi connectivity index (χ3n) is 9.30. The second-order valence-electron chi connectivity index (χ2n) is 13.0. The Morgan fingerprint density at radius 3 is 1.52 bits per heavy atom. The van der Waals surface area contributed by atoms with Crippen LogP contribution in [0, 0.1) is 0 Å². The zero-order valence-electron chi connectivity index (χ0n) is 29.4. The summed E-state index contributed by atoms with van der Waals surface area (Å²) in [6.07, 6.45) is -0.531. The quantitative estimate of drug-likeness (QED) is 0.0770. The number of carboxylic acid groups (broad SMARTS) is 2. The van der Waals surface area contributed by atoms with Gasteiger partial charge in [-0.05, 0) is 45.0 Å². The Hall–Kier alpha value is -6.19. The Morgan fingerprint density at radius 1 is 0.519 bits per heavy atom. The summed E-state index contributed by atoms with van der Waals surface area (Å²) in [5, 5.41) is 26.3. The van der Waals surface area contributed by atoms with E-state index in [1.807, 2.05) is 158 Å². The molecule has 3 atom stereocenters. The number of aliphatic carboxylic acids is 2. The molecule has 9 heteroatoms. The van der Waals surface area contributed by atoms with Gasteiger partial charge >= 0.3 is 11.9 Å². The van der Waals surface area contributed by atoms with Crippen LogP contribution in [0.2, 0.25) is 0 Å². The van der Waals surface area contributed by atoms with E-state index in [4.69, 9.17) is 0 Å². The lowest BCUT2D eigenvalue weighted by Gasteiger charge is -2.38. The van der Waals surface area contributed by atoms with Crippen molar-refractivity contribution in [3.05, 3.63) is 192 Å². The maximum Gasteiger partial charge on any atom is 0.326 e. The van der Waals surface area contributed by atoms with Crippen LogP contribution < -0.4 is 10.6 Å². The molecule has 6 aromatic carbocycles. The highest BCUT2D eigenvalue weighted by atomic mass is 32.2. The molecule has 0 spiro atoms. The smallest absolute Gasteiger partial charge is 0.326 e. The van der Waals surface area contributed by atoms with Crippen LogP contribution in [0.5, 0.6) is 0 Å². The van der Waals surface area contributed by atoms with Crippen molar-refractivity contribution < 1.29 is 29.4 Å². The minimum atomic E-state index is -1.55. The van der Waals surface area contributed by atoms with Crippen LogP contribution in [0.4, 0.5) is 0 Å². The molecule has 8 nitrogen and oxygen atoms in total. The summed E-state index contributed by atoms with van der Waals surface area (Å²) in [6, 6.07) is 49.4. The van der Waals surface area contributed by atoms with Crippen LogP contribution in [0.25, 0.3) is 10.8 Å². The van der Waals surface area contributed by atoms with Gasteiger partial charge in [0.25, 0.3) is 0 Å². The van der Waals surface area contributed by atoms with E-state index in [0.717, 1.165) is 33.0 Å². The number of thioether (sulfide) groups is 1. The van der Waals surface area contributed by atoms with Crippen molar-refractivity contribution in [3.63, 3.8) is 0 Å². The van der Waals surface area contributed by atoms with Gasteiger partial charge in [-0.3, -0.25) is 14.4 Å². The van der Waals surface area contributed by atoms with E-state index < -0.39 is 52.3 Å².